The highest BCUT2D eigenvalue weighted by molar-refractivity contribution is 5.99. The third-order valence-electron chi connectivity index (χ3n) is 3.62. The van der Waals surface area contributed by atoms with E-state index in [1.807, 2.05) is 0 Å². The number of carbonyl (C=O) groups is 2. The number of nitrogens with one attached hydrogen (secondary N) is 1. The van der Waals surface area contributed by atoms with Gasteiger partial charge in [-0.2, -0.15) is 0 Å². The van der Waals surface area contributed by atoms with Crippen molar-refractivity contribution in [2.45, 2.75) is 25.3 Å². The molecular formula is C14H18N2O4. The number of methoxy groups -OCH3 is 1. The van der Waals surface area contributed by atoms with E-state index >= 15 is 0 Å². The van der Waals surface area contributed by atoms with Crippen LogP contribution in [0.3, 0.4) is 0 Å². The molecule has 0 heterocycles. The van der Waals surface area contributed by atoms with Crippen LogP contribution in [0.25, 0.3) is 0 Å². The maximum Gasteiger partial charge on any atom is 0.306 e. The first-order valence-corrected chi connectivity index (χ1v) is 6.48. The minimum absolute atomic E-state index is 0.106. The van der Waals surface area contributed by atoms with Gasteiger partial charge < -0.3 is 20.9 Å². The number of benzene rings is 1. The van der Waals surface area contributed by atoms with Crippen molar-refractivity contribution in [1.29, 1.82) is 0 Å². The van der Waals surface area contributed by atoms with E-state index in [9.17, 15) is 9.59 Å². The molecule has 1 aliphatic carbocycles. The zero-order valence-electron chi connectivity index (χ0n) is 11.3. The van der Waals surface area contributed by atoms with E-state index in [1.165, 1.54) is 7.11 Å². The molecule has 6 heteroatoms. The fourth-order valence-electron chi connectivity index (χ4n) is 2.47. The summed E-state index contributed by atoms with van der Waals surface area (Å²) in [6, 6.07) is 4.75. The average Bonchev–Trinajstić information content (AvgIpc) is 2.87. The molecule has 0 unspecified atom stereocenters. The molecule has 0 aromatic heterocycles. The normalized spacial score (nSPS) is 21.4. The maximum absolute atomic E-state index is 12.1. The second kappa shape index (κ2) is 5.81. The van der Waals surface area contributed by atoms with E-state index in [2.05, 4.69) is 5.32 Å². The zero-order valence-corrected chi connectivity index (χ0v) is 11.3. The Morgan fingerprint density at radius 3 is 2.70 bits per heavy atom. The summed E-state index contributed by atoms with van der Waals surface area (Å²) in [5, 5.41) is 11.8. The average molecular weight is 278 g/mol. The number of aliphatic carboxylic acids is 1. The van der Waals surface area contributed by atoms with Crippen molar-refractivity contribution in [3.8, 4) is 5.75 Å². The number of rotatable bonds is 4. The largest absolute Gasteiger partial charge is 0.497 e. The van der Waals surface area contributed by atoms with Crippen LogP contribution >= 0.6 is 0 Å². The Morgan fingerprint density at radius 2 is 2.15 bits per heavy atom. The molecule has 1 aromatic carbocycles. The molecule has 1 amide bonds. The van der Waals surface area contributed by atoms with Crippen molar-refractivity contribution in [3.05, 3.63) is 23.8 Å². The van der Waals surface area contributed by atoms with Gasteiger partial charge in [0.15, 0.2) is 0 Å². The highest BCUT2D eigenvalue weighted by Gasteiger charge is 2.30. The lowest BCUT2D eigenvalue weighted by molar-refractivity contribution is -0.141. The van der Waals surface area contributed by atoms with E-state index < -0.39 is 5.97 Å². The van der Waals surface area contributed by atoms with E-state index in [0.29, 0.717) is 36.3 Å². The molecule has 0 aliphatic heterocycles. The van der Waals surface area contributed by atoms with Crippen molar-refractivity contribution < 1.29 is 19.4 Å². The van der Waals surface area contributed by atoms with Gasteiger partial charge >= 0.3 is 5.97 Å². The molecule has 0 radical (unpaired) electrons. The Kier molecular flexibility index (Phi) is 4.12. The quantitative estimate of drug-likeness (QED) is 0.720. The lowest BCUT2D eigenvalue weighted by atomic mass is 10.1. The number of carboxylic acid groups (broad SMARTS) is 1. The fourth-order valence-corrected chi connectivity index (χ4v) is 2.47. The number of carboxylic acids is 1. The highest BCUT2D eigenvalue weighted by atomic mass is 16.5. The van der Waals surface area contributed by atoms with E-state index in [-0.39, 0.29) is 17.9 Å². The Labute approximate surface area is 116 Å². The van der Waals surface area contributed by atoms with Gasteiger partial charge in [-0.1, -0.05) is 0 Å². The number of carbonyl (C=O) groups excluding carboxylic acids is 1. The molecule has 1 aliphatic rings. The van der Waals surface area contributed by atoms with Crippen LogP contribution in [0, 0.1) is 5.92 Å². The van der Waals surface area contributed by atoms with Crippen LogP contribution in [-0.2, 0) is 4.79 Å². The van der Waals surface area contributed by atoms with Crippen LogP contribution in [-0.4, -0.2) is 30.1 Å². The van der Waals surface area contributed by atoms with Gasteiger partial charge in [0, 0.05) is 17.8 Å². The summed E-state index contributed by atoms with van der Waals surface area (Å²) in [4.78, 5) is 23.0. The number of amides is 1. The van der Waals surface area contributed by atoms with Crippen LogP contribution in [0.4, 0.5) is 5.69 Å². The minimum atomic E-state index is -0.800. The monoisotopic (exact) mass is 278 g/mol. The number of hydrogen-bond acceptors (Lipinski definition) is 4. The molecule has 0 spiro atoms. The van der Waals surface area contributed by atoms with E-state index in [1.54, 1.807) is 18.2 Å². The molecule has 4 N–H and O–H groups in total. The number of hydrogen-bond donors (Lipinski definition) is 3. The molecular weight excluding hydrogens is 260 g/mol. The lowest BCUT2D eigenvalue weighted by Gasteiger charge is -2.14. The summed E-state index contributed by atoms with van der Waals surface area (Å²) >= 11 is 0. The predicted octanol–water partition coefficient (Wildman–Crippen LogP) is 1.26. The second-order valence-electron chi connectivity index (χ2n) is 4.97. The van der Waals surface area contributed by atoms with E-state index in [0.717, 1.165) is 0 Å². The summed E-state index contributed by atoms with van der Waals surface area (Å²) in [5.74, 6) is -0.855. The Balaban J connectivity index is 2.01. The third kappa shape index (κ3) is 3.01. The molecule has 1 aromatic rings. The van der Waals surface area contributed by atoms with Crippen LogP contribution in [0.5, 0.6) is 5.75 Å². The summed E-state index contributed by atoms with van der Waals surface area (Å²) in [7, 11) is 1.53. The van der Waals surface area contributed by atoms with Gasteiger partial charge in [0.2, 0.25) is 0 Å². The molecule has 2 atom stereocenters. The molecule has 20 heavy (non-hydrogen) atoms. The lowest BCUT2D eigenvalue weighted by Crippen LogP contribution is -2.33. The van der Waals surface area contributed by atoms with Crippen LogP contribution in [0.1, 0.15) is 29.6 Å². The van der Waals surface area contributed by atoms with Crippen molar-refractivity contribution in [2.24, 2.45) is 5.92 Å². The van der Waals surface area contributed by atoms with Crippen LogP contribution < -0.4 is 15.8 Å². The second-order valence-corrected chi connectivity index (χ2v) is 4.97. The van der Waals surface area contributed by atoms with Gasteiger partial charge in [0.05, 0.1) is 18.6 Å². The molecule has 1 fully saturated rings. The molecule has 1 saturated carbocycles. The Hall–Kier alpha value is -2.24. The van der Waals surface area contributed by atoms with Crippen molar-refractivity contribution in [1.82, 2.24) is 5.32 Å². The summed E-state index contributed by atoms with van der Waals surface area (Å²) in [5.41, 5.74) is 6.53. The first-order valence-electron chi connectivity index (χ1n) is 6.48. The van der Waals surface area contributed by atoms with Gasteiger partial charge in [-0.25, -0.2) is 0 Å². The zero-order chi connectivity index (χ0) is 14.7. The maximum atomic E-state index is 12.1. The standard InChI is InChI=1S/C14H18N2O4/c1-20-10-4-5-11(12(15)7-10)13(17)16-9-3-2-8(6-9)14(18)19/h4-5,7-9H,2-3,6,15H2,1H3,(H,16,17)(H,18,19)/t8-,9+/m1/s1. The SMILES string of the molecule is COc1ccc(C(=O)N[C@H]2CC[C@@H](C(=O)O)C2)c(N)c1. The number of nitrogen functional groups attached to an aromatic ring is 1. The Bertz CT molecular complexity index is 530. The first-order chi connectivity index (χ1) is 9.51. The van der Waals surface area contributed by atoms with Crippen molar-refractivity contribution in [3.63, 3.8) is 0 Å². The van der Waals surface area contributed by atoms with Gasteiger partial charge in [-0.15, -0.1) is 0 Å². The van der Waals surface area contributed by atoms with Crippen LogP contribution in [0.2, 0.25) is 0 Å². The summed E-state index contributed by atoms with van der Waals surface area (Å²) in [6.07, 6.45) is 1.74. The summed E-state index contributed by atoms with van der Waals surface area (Å²) < 4.78 is 5.03. The topological polar surface area (TPSA) is 102 Å². The van der Waals surface area contributed by atoms with Gasteiger partial charge in [0.25, 0.3) is 5.91 Å². The predicted molar refractivity (Wildman–Crippen MR) is 73.6 cm³/mol. The molecule has 0 bridgehead atoms. The van der Waals surface area contributed by atoms with E-state index in [4.69, 9.17) is 15.6 Å². The number of nitrogens with two attached hydrogens (primary N) is 1. The van der Waals surface area contributed by atoms with Gasteiger partial charge in [-0.3, -0.25) is 9.59 Å². The van der Waals surface area contributed by atoms with Crippen molar-refractivity contribution >= 4 is 17.6 Å². The molecule has 2 rings (SSSR count). The number of ether oxygens (including phenoxy) is 1. The van der Waals surface area contributed by atoms with Gasteiger partial charge in [-0.05, 0) is 31.4 Å². The Morgan fingerprint density at radius 1 is 1.40 bits per heavy atom. The van der Waals surface area contributed by atoms with Gasteiger partial charge in [0.1, 0.15) is 5.75 Å². The fraction of sp³-hybridized carbons (Fsp3) is 0.429. The minimum Gasteiger partial charge on any atom is -0.497 e. The number of anilines is 1. The van der Waals surface area contributed by atoms with Crippen molar-refractivity contribution in [2.75, 3.05) is 12.8 Å². The highest BCUT2D eigenvalue weighted by Crippen LogP contribution is 2.26. The smallest absolute Gasteiger partial charge is 0.306 e. The molecule has 0 saturated heterocycles. The first kappa shape index (κ1) is 14.2. The molecule has 108 valence electrons. The third-order valence-corrected chi connectivity index (χ3v) is 3.62. The van der Waals surface area contributed by atoms with Crippen LogP contribution in [0.15, 0.2) is 18.2 Å². The molecule has 6 nitrogen and oxygen atoms in total. The summed E-state index contributed by atoms with van der Waals surface area (Å²) in [6.45, 7) is 0.